The van der Waals surface area contributed by atoms with Gasteiger partial charge in [0.05, 0.1) is 16.4 Å². The second-order valence-electron chi connectivity index (χ2n) is 2.63. The van der Waals surface area contributed by atoms with Gasteiger partial charge in [-0.25, -0.2) is 9.19 Å². The summed E-state index contributed by atoms with van der Waals surface area (Å²) in [7, 11) is 0. The van der Waals surface area contributed by atoms with Crippen molar-refractivity contribution >= 4 is 16.8 Å². The molecule has 0 aliphatic heterocycles. The Labute approximate surface area is 82.4 Å². The predicted molar refractivity (Wildman–Crippen MR) is 50.1 cm³/mol. The largest absolute Gasteiger partial charge is 0.306 e. The molecule has 0 bridgehead atoms. The van der Waals surface area contributed by atoms with E-state index in [2.05, 4.69) is 4.98 Å². The lowest BCUT2D eigenvalue weighted by molar-refractivity contribution is -0.385. The monoisotopic (exact) mass is 216 g/mol. The van der Waals surface area contributed by atoms with Crippen LogP contribution in [0, 0.1) is 17.0 Å². The Morgan fingerprint density at radius 2 is 2.29 bits per heavy atom. The van der Waals surface area contributed by atoms with E-state index >= 15 is 0 Å². The molecule has 1 rings (SSSR count). The Balaban J connectivity index is 3.00. The molecular weight excluding hydrogens is 208 g/mol. The number of nitrogens with zero attached hydrogens (tertiary/aromatic N) is 2. The summed E-state index contributed by atoms with van der Waals surface area (Å²) in [5.74, 6) is -0.112. The van der Waals surface area contributed by atoms with Gasteiger partial charge in [0.2, 0.25) is 0 Å². The van der Waals surface area contributed by atoms with Crippen LogP contribution in [0.3, 0.4) is 0 Å². The van der Waals surface area contributed by atoms with Crippen molar-refractivity contribution < 1.29 is 13.7 Å². The molecule has 1 heterocycles. The van der Waals surface area contributed by atoms with Gasteiger partial charge in [0.1, 0.15) is 5.69 Å². The Hall–Kier alpha value is -1.34. The van der Waals surface area contributed by atoms with Gasteiger partial charge >= 0.3 is 0 Å². The number of hydrogen-bond acceptors (Lipinski definition) is 4. The van der Waals surface area contributed by atoms with Crippen molar-refractivity contribution in [1.29, 1.82) is 0 Å². The minimum Gasteiger partial charge on any atom is -0.306 e. The lowest BCUT2D eigenvalue weighted by atomic mass is 10.3. The lowest BCUT2D eigenvalue weighted by Crippen LogP contribution is -2.00. The van der Waals surface area contributed by atoms with Crippen molar-refractivity contribution in [3.63, 3.8) is 0 Å². The van der Waals surface area contributed by atoms with Crippen LogP contribution in [-0.4, -0.2) is 18.7 Å². The molecule has 7 heteroatoms. The topological polar surface area (TPSA) is 93.3 Å². The molecule has 0 spiro atoms. The van der Waals surface area contributed by atoms with E-state index in [0.717, 1.165) is 0 Å². The van der Waals surface area contributed by atoms with Gasteiger partial charge in [0, 0.05) is 6.07 Å². The molecule has 0 saturated carbocycles. The zero-order valence-corrected chi connectivity index (χ0v) is 8.15. The average molecular weight is 216 g/mol. The molecule has 1 aromatic heterocycles. The molecule has 1 N–H and O–H groups in total. The molecule has 0 amide bonds. The average Bonchev–Trinajstić information content (AvgIpc) is 2.01. The molecule has 6 nitrogen and oxygen atoms in total. The van der Waals surface area contributed by atoms with Gasteiger partial charge in [-0.3, -0.25) is 10.1 Å². The fraction of sp³-hybridized carbons (Fsp3) is 0.286. The summed E-state index contributed by atoms with van der Waals surface area (Å²) in [4.78, 5) is 13.7. The summed E-state index contributed by atoms with van der Waals surface area (Å²) < 4.78 is 19.0. The van der Waals surface area contributed by atoms with Crippen molar-refractivity contribution in [3.8, 4) is 0 Å². The quantitative estimate of drug-likeness (QED) is 0.462. The zero-order valence-electron chi connectivity index (χ0n) is 7.34. The highest BCUT2D eigenvalue weighted by molar-refractivity contribution is 7.78. The van der Waals surface area contributed by atoms with Gasteiger partial charge in [0.15, 0.2) is 11.1 Å². The number of aryl methyl sites for hydroxylation is 1. The van der Waals surface area contributed by atoms with Gasteiger partial charge in [-0.15, -0.1) is 0 Å². The Kier molecular flexibility index (Phi) is 3.26. The molecular formula is C7H8N2O4S. The van der Waals surface area contributed by atoms with Crippen molar-refractivity contribution in [3.05, 3.63) is 33.6 Å². The van der Waals surface area contributed by atoms with E-state index in [1.54, 1.807) is 0 Å². The van der Waals surface area contributed by atoms with Crippen LogP contribution in [-0.2, 0) is 16.8 Å². The summed E-state index contributed by atoms with van der Waals surface area (Å²) in [5.41, 5.74) is 0.532. The molecule has 0 aliphatic carbocycles. The van der Waals surface area contributed by atoms with E-state index in [9.17, 15) is 14.3 Å². The van der Waals surface area contributed by atoms with Gasteiger partial charge in [-0.05, 0) is 13.0 Å². The second-order valence-corrected chi connectivity index (χ2v) is 3.56. The van der Waals surface area contributed by atoms with Crippen LogP contribution in [0.4, 0.5) is 5.69 Å². The SMILES string of the molecule is Cc1nc(CS(=O)O)ccc1[N+](=O)[O-]. The summed E-state index contributed by atoms with van der Waals surface area (Å²) in [6.45, 7) is 1.49. The third-order valence-electron chi connectivity index (χ3n) is 1.58. The highest BCUT2D eigenvalue weighted by Gasteiger charge is 2.12. The molecule has 0 fully saturated rings. The first-order valence-corrected chi connectivity index (χ1v) is 4.96. The van der Waals surface area contributed by atoms with Crippen LogP contribution in [0.25, 0.3) is 0 Å². The number of pyridine rings is 1. The number of aromatic nitrogens is 1. The minimum atomic E-state index is -1.97. The fourth-order valence-electron chi connectivity index (χ4n) is 1.01. The van der Waals surface area contributed by atoms with Crippen LogP contribution in [0.2, 0.25) is 0 Å². The van der Waals surface area contributed by atoms with Crippen LogP contribution in [0.1, 0.15) is 11.4 Å². The van der Waals surface area contributed by atoms with Gasteiger partial charge < -0.3 is 4.55 Å². The van der Waals surface area contributed by atoms with Crippen LogP contribution >= 0.6 is 0 Å². The summed E-state index contributed by atoms with van der Waals surface area (Å²) in [6.07, 6.45) is 0. The fourth-order valence-corrected chi connectivity index (χ4v) is 1.42. The Morgan fingerprint density at radius 1 is 1.64 bits per heavy atom. The van der Waals surface area contributed by atoms with Crippen molar-refractivity contribution in [1.82, 2.24) is 4.98 Å². The summed E-state index contributed by atoms with van der Waals surface area (Å²) >= 11 is -1.97. The minimum absolute atomic E-state index is 0.0857. The normalized spacial score (nSPS) is 12.4. The maximum absolute atomic E-state index is 10.4. The van der Waals surface area contributed by atoms with Gasteiger partial charge in [-0.2, -0.15) is 0 Å². The number of hydrogen-bond donors (Lipinski definition) is 1. The molecule has 1 aromatic rings. The molecule has 14 heavy (non-hydrogen) atoms. The van der Waals surface area contributed by atoms with Crippen molar-refractivity contribution in [2.24, 2.45) is 0 Å². The third-order valence-corrected chi connectivity index (χ3v) is 2.13. The van der Waals surface area contributed by atoms with Crippen LogP contribution in [0.15, 0.2) is 12.1 Å². The molecule has 1 atom stereocenters. The van der Waals surface area contributed by atoms with E-state index in [1.165, 1.54) is 19.1 Å². The molecule has 76 valence electrons. The van der Waals surface area contributed by atoms with Crippen LogP contribution < -0.4 is 0 Å². The molecule has 0 saturated heterocycles. The Morgan fingerprint density at radius 3 is 2.71 bits per heavy atom. The maximum atomic E-state index is 10.4. The zero-order chi connectivity index (χ0) is 10.7. The van der Waals surface area contributed by atoms with Gasteiger partial charge in [0.25, 0.3) is 5.69 Å². The predicted octanol–water partition coefficient (Wildman–Crippen LogP) is 1.02. The van der Waals surface area contributed by atoms with E-state index in [-0.39, 0.29) is 17.1 Å². The van der Waals surface area contributed by atoms with E-state index in [1.807, 2.05) is 0 Å². The number of rotatable bonds is 3. The maximum Gasteiger partial charge on any atom is 0.290 e. The third kappa shape index (κ3) is 2.57. The lowest BCUT2D eigenvalue weighted by Gasteiger charge is -1.99. The van der Waals surface area contributed by atoms with Gasteiger partial charge in [-0.1, -0.05) is 0 Å². The van der Waals surface area contributed by atoms with E-state index < -0.39 is 16.0 Å². The first kappa shape index (κ1) is 10.7. The molecule has 0 radical (unpaired) electrons. The second kappa shape index (κ2) is 4.25. The highest BCUT2D eigenvalue weighted by Crippen LogP contribution is 2.15. The van der Waals surface area contributed by atoms with E-state index in [4.69, 9.17) is 4.55 Å². The van der Waals surface area contributed by atoms with E-state index in [0.29, 0.717) is 5.69 Å². The van der Waals surface area contributed by atoms with Crippen LogP contribution in [0.5, 0.6) is 0 Å². The first-order valence-electron chi connectivity index (χ1n) is 3.69. The molecule has 0 aliphatic rings. The summed E-state index contributed by atoms with van der Waals surface area (Å²) in [5, 5.41) is 10.4. The summed E-state index contributed by atoms with van der Waals surface area (Å²) in [6, 6.07) is 2.66. The molecule has 1 unspecified atom stereocenters. The molecule has 0 aromatic carbocycles. The van der Waals surface area contributed by atoms with Crippen molar-refractivity contribution in [2.45, 2.75) is 12.7 Å². The smallest absolute Gasteiger partial charge is 0.290 e. The standard InChI is InChI=1S/C7H8N2O4S/c1-5-7(9(10)11)3-2-6(8-5)4-14(12)13/h2-3H,4H2,1H3,(H,12,13). The Bertz CT molecular complexity index is 393. The van der Waals surface area contributed by atoms with Crippen molar-refractivity contribution in [2.75, 3.05) is 0 Å². The number of nitro groups is 1. The highest BCUT2D eigenvalue weighted by atomic mass is 32.2. The first-order chi connectivity index (χ1) is 6.50.